The van der Waals surface area contributed by atoms with Gasteiger partial charge in [0.15, 0.2) is 5.96 Å². The van der Waals surface area contributed by atoms with Crippen molar-refractivity contribution in [1.29, 1.82) is 0 Å². The summed E-state index contributed by atoms with van der Waals surface area (Å²) in [7, 11) is 1.67. The predicted molar refractivity (Wildman–Crippen MR) is 87.1 cm³/mol. The smallest absolute Gasteiger partial charge is 0.191 e. The molecule has 1 heterocycles. The third-order valence-corrected chi connectivity index (χ3v) is 3.75. The van der Waals surface area contributed by atoms with Crippen LogP contribution in [0.25, 0.3) is 0 Å². The van der Waals surface area contributed by atoms with E-state index in [2.05, 4.69) is 20.6 Å². The van der Waals surface area contributed by atoms with Gasteiger partial charge in [0.1, 0.15) is 0 Å². The molecule has 0 radical (unpaired) electrons. The lowest BCUT2D eigenvalue weighted by atomic mass is 10.4. The molecule has 0 aromatic carbocycles. The zero-order valence-electron chi connectivity index (χ0n) is 13.4. The summed E-state index contributed by atoms with van der Waals surface area (Å²) in [5.41, 5.74) is 1.07. The van der Waals surface area contributed by atoms with Gasteiger partial charge in [0, 0.05) is 25.1 Å². The summed E-state index contributed by atoms with van der Waals surface area (Å²) in [5, 5.41) is 7.56. The summed E-state index contributed by atoms with van der Waals surface area (Å²) in [4.78, 5) is 10.2. The second kappa shape index (κ2) is 10.5. The molecule has 0 amide bonds. The Morgan fingerprint density at radius 3 is 2.67 bits per heavy atom. The van der Waals surface area contributed by atoms with Crippen molar-refractivity contribution in [2.24, 2.45) is 4.99 Å². The van der Waals surface area contributed by atoms with Crippen LogP contribution in [-0.4, -0.2) is 51.0 Å². The van der Waals surface area contributed by atoms with Gasteiger partial charge >= 0.3 is 0 Å². The van der Waals surface area contributed by atoms with Gasteiger partial charge in [0.25, 0.3) is 0 Å². The Morgan fingerprint density at radius 2 is 2.05 bits per heavy atom. The Bertz CT molecular complexity index is 435. The number of hydrogen-bond donors (Lipinski definition) is 2. The van der Waals surface area contributed by atoms with Crippen molar-refractivity contribution >= 4 is 17.3 Å². The average Bonchev–Trinajstić information content (AvgIpc) is 2.78. The summed E-state index contributed by atoms with van der Waals surface area (Å²) in [5.74, 6) is 0.804. The minimum atomic E-state index is 0.616. The SMILES string of the molecule is CCNC(=NCc1sc(C)nc1C)NCCOCCOC. The van der Waals surface area contributed by atoms with Gasteiger partial charge in [0.05, 0.1) is 37.1 Å². The highest BCUT2D eigenvalue weighted by Gasteiger charge is 2.04. The number of thiazole rings is 1. The Kier molecular flexibility index (Phi) is 8.96. The highest BCUT2D eigenvalue weighted by molar-refractivity contribution is 7.11. The van der Waals surface area contributed by atoms with E-state index in [1.807, 2.05) is 20.8 Å². The number of nitrogens with zero attached hydrogens (tertiary/aromatic N) is 2. The molecule has 0 aliphatic carbocycles. The largest absolute Gasteiger partial charge is 0.382 e. The van der Waals surface area contributed by atoms with Crippen LogP contribution in [0.1, 0.15) is 22.5 Å². The molecule has 0 atom stereocenters. The van der Waals surface area contributed by atoms with Crippen LogP contribution in [0.2, 0.25) is 0 Å². The van der Waals surface area contributed by atoms with Gasteiger partial charge < -0.3 is 20.1 Å². The zero-order valence-corrected chi connectivity index (χ0v) is 14.2. The van der Waals surface area contributed by atoms with Crippen molar-refractivity contribution in [2.45, 2.75) is 27.3 Å². The van der Waals surface area contributed by atoms with Crippen LogP contribution in [0, 0.1) is 13.8 Å². The quantitative estimate of drug-likeness (QED) is 0.410. The maximum atomic E-state index is 5.41. The molecule has 0 spiro atoms. The van der Waals surface area contributed by atoms with Crippen molar-refractivity contribution in [1.82, 2.24) is 15.6 Å². The van der Waals surface area contributed by atoms with Crippen molar-refractivity contribution in [3.8, 4) is 0 Å². The number of guanidine groups is 1. The van der Waals surface area contributed by atoms with Crippen LogP contribution < -0.4 is 10.6 Å². The summed E-state index contributed by atoms with van der Waals surface area (Å²) in [6, 6.07) is 0. The predicted octanol–water partition coefficient (Wildman–Crippen LogP) is 1.48. The molecule has 120 valence electrons. The second-order valence-electron chi connectivity index (χ2n) is 4.47. The molecular weight excluding hydrogens is 288 g/mol. The first-order valence-electron chi connectivity index (χ1n) is 7.19. The molecule has 2 N–H and O–H groups in total. The molecule has 0 bridgehead atoms. The molecular formula is C14H26N4O2S. The van der Waals surface area contributed by atoms with Gasteiger partial charge in [-0.15, -0.1) is 11.3 Å². The van der Waals surface area contributed by atoms with Crippen LogP contribution in [0.15, 0.2) is 4.99 Å². The maximum absolute atomic E-state index is 5.41. The van der Waals surface area contributed by atoms with Crippen LogP contribution in [0.5, 0.6) is 0 Å². The van der Waals surface area contributed by atoms with E-state index >= 15 is 0 Å². The molecule has 7 heteroatoms. The summed E-state index contributed by atoms with van der Waals surface area (Å²) in [6.07, 6.45) is 0. The fraction of sp³-hybridized carbons (Fsp3) is 0.714. The lowest BCUT2D eigenvalue weighted by Crippen LogP contribution is -2.39. The third kappa shape index (κ3) is 7.40. The van der Waals surface area contributed by atoms with E-state index in [4.69, 9.17) is 9.47 Å². The molecule has 1 aromatic heterocycles. The summed E-state index contributed by atoms with van der Waals surface area (Å²) in [6.45, 7) is 10.2. The number of nitrogens with one attached hydrogen (secondary N) is 2. The highest BCUT2D eigenvalue weighted by atomic mass is 32.1. The van der Waals surface area contributed by atoms with E-state index in [1.165, 1.54) is 4.88 Å². The fourth-order valence-electron chi connectivity index (χ4n) is 1.70. The van der Waals surface area contributed by atoms with Crippen LogP contribution >= 0.6 is 11.3 Å². The average molecular weight is 314 g/mol. The molecule has 21 heavy (non-hydrogen) atoms. The van der Waals surface area contributed by atoms with Crippen molar-refractivity contribution < 1.29 is 9.47 Å². The minimum absolute atomic E-state index is 0.616. The topological polar surface area (TPSA) is 67.8 Å². The highest BCUT2D eigenvalue weighted by Crippen LogP contribution is 2.17. The number of ether oxygens (including phenoxy) is 2. The van der Waals surface area contributed by atoms with Gasteiger partial charge in [-0.05, 0) is 20.8 Å². The van der Waals surface area contributed by atoms with Crippen LogP contribution in [0.3, 0.4) is 0 Å². The van der Waals surface area contributed by atoms with Gasteiger partial charge in [-0.3, -0.25) is 0 Å². The van der Waals surface area contributed by atoms with Crippen LogP contribution in [-0.2, 0) is 16.0 Å². The molecule has 0 aliphatic rings. The molecule has 0 aliphatic heterocycles. The Balaban J connectivity index is 2.37. The molecule has 0 saturated carbocycles. The molecule has 0 fully saturated rings. The Hall–Kier alpha value is -1.18. The van der Waals surface area contributed by atoms with E-state index in [1.54, 1.807) is 18.4 Å². The number of aromatic nitrogens is 1. The maximum Gasteiger partial charge on any atom is 0.191 e. The van der Waals surface area contributed by atoms with E-state index in [9.17, 15) is 0 Å². The summed E-state index contributed by atoms with van der Waals surface area (Å²) >= 11 is 1.70. The van der Waals surface area contributed by atoms with Gasteiger partial charge in [0.2, 0.25) is 0 Å². The Labute approximate surface area is 131 Å². The number of aliphatic imine (C=N–C) groups is 1. The monoisotopic (exact) mass is 314 g/mol. The summed E-state index contributed by atoms with van der Waals surface area (Å²) < 4.78 is 10.3. The van der Waals surface area contributed by atoms with Crippen molar-refractivity contribution in [3.63, 3.8) is 0 Å². The molecule has 0 unspecified atom stereocenters. The molecule has 0 saturated heterocycles. The number of rotatable bonds is 9. The third-order valence-electron chi connectivity index (χ3n) is 2.70. The normalized spacial score (nSPS) is 11.7. The fourth-order valence-corrected chi connectivity index (χ4v) is 2.56. The first kappa shape index (κ1) is 17.9. The van der Waals surface area contributed by atoms with E-state index in [0.29, 0.717) is 26.4 Å². The zero-order chi connectivity index (χ0) is 15.5. The molecule has 6 nitrogen and oxygen atoms in total. The number of aryl methyl sites for hydroxylation is 2. The lowest BCUT2D eigenvalue weighted by Gasteiger charge is -2.11. The van der Waals surface area contributed by atoms with Gasteiger partial charge in [-0.1, -0.05) is 0 Å². The van der Waals surface area contributed by atoms with Crippen molar-refractivity contribution in [2.75, 3.05) is 40.0 Å². The van der Waals surface area contributed by atoms with Gasteiger partial charge in [-0.25, -0.2) is 9.98 Å². The second-order valence-corrected chi connectivity index (χ2v) is 5.76. The van der Waals surface area contributed by atoms with E-state index in [-0.39, 0.29) is 0 Å². The van der Waals surface area contributed by atoms with Crippen LogP contribution in [0.4, 0.5) is 0 Å². The van der Waals surface area contributed by atoms with Gasteiger partial charge in [-0.2, -0.15) is 0 Å². The number of methoxy groups -OCH3 is 1. The standard InChI is InChI=1S/C14H26N4O2S/c1-5-15-14(16-6-7-20-9-8-19-4)17-10-13-11(2)18-12(3)21-13/h5-10H2,1-4H3,(H2,15,16,17). The first-order chi connectivity index (χ1) is 10.2. The van der Waals surface area contributed by atoms with E-state index < -0.39 is 0 Å². The minimum Gasteiger partial charge on any atom is -0.382 e. The Morgan fingerprint density at radius 1 is 1.24 bits per heavy atom. The first-order valence-corrected chi connectivity index (χ1v) is 8.00. The lowest BCUT2D eigenvalue weighted by molar-refractivity contribution is 0.0733. The number of hydrogen-bond acceptors (Lipinski definition) is 5. The molecule has 1 rings (SSSR count). The van der Waals surface area contributed by atoms with E-state index in [0.717, 1.165) is 29.8 Å². The molecule has 1 aromatic rings. The van der Waals surface area contributed by atoms with Crippen molar-refractivity contribution in [3.05, 3.63) is 15.6 Å².